The van der Waals surface area contributed by atoms with Gasteiger partial charge in [-0.25, -0.2) is 0 Å². The maximum absolute atomic E-state index is 12.1. The molecular formula is C16H17ClN4O2. The SMILES string of the molecule is Cc1nc(=O)c2cc(Cl)ccc2n1C1=CCN(CC(N)=O)CC1. The van der Waals surface area contributed by atoms with Gasteiger partial charge < -0.3 is 10.3 Å². The van der Waals surface area contributed by atoms with Gasteiger partial charge in [-0.2, -0.15) is 4.98 Å². The number of primary amides is 1. The van der Waals surface area contributed by atoms with Crippen LogP contribution in [-0.2, 0) is 4.79 Å². The maximum atomic E-state index is 12.1. The Balaban J connectivity index is 2.05. The lowest BCUT2D eigenvalue weighted by Gasteiger charge is -2.27. The van der Waals surface area contributed by atoms with E-state index in [0.717, 1.165) is 24.2 Å². The van der Waals surface area contributed by atoms with Gasteiger partial charge in [-0.05, 0) is 25.1 Å². The fourth-order valence-corrected chi connectivity index (χ4v) is 3.11. The molecule has 1 aromatic carbocycles. The van der Waals surface area contributed by atoms with Crippen molar-refractivity contribution < 1.29 is 4.79 Å². The third-order valence-electron chi connectivity index (χ3n) is 3.95. The predicted molar refractivity (Wildman–Crippen MR) is 90.3 cm³/mol. The van der Waals surface area contributed by atoms with Gasteiger partial charge in [0.1, 0.15) is 5.82 Å². The highest BCUT2D eigenvalue weighted by molar-refractivity contribution is 6.31. The molecule has 1 amide bonds. The van der Waals surface area contributed by atoms with E-state index in [4.69, 9.17) is 17.3 Å². The average molecular weight is 333 g/mol. The zero-order valence-electron chi connectivity index (χ0n) is 12.8. The highest BCUT2D eigenvalue weighted by Gasteiger charge is 2.17. The topological polar surface area (TPSA) is 81.2 Å². The van der Waals surface area contributed by atoms with Gasteiger partial charge in [0.05, 0.1) is 17.4 Å². The van der Waals surface area contributed by atoms with Crippen molar-refractivity contribution in [2.24, 2.45) is 5.73 Å². The number of hydrogen-bond acceptors (Lipinski definition) is 4. The number of nitrogens with two attached hydrogens (primary N) is 1. The van der Waals surface area contributed by atoms with Gasteiger partial charge >= 0.3 is 0 Å². The highest BCUT2D eigenvalue weighted by atomic mass is 35.5. The van der Waals surface area contributed by atoms with E-state index >= 15 is 0 Å². The van der Waals surface area contributed by atoms with Crippen LogP contribution in [0.5, 0.6) is 0 Å². The average Bonchev–Trinajstić information content (AvgIpc) is 2.49. The molecule has 1 aliphatic heterocycles. The van der Waals surface area contributed by atoms with Crippen LogP contribution in [0.25, 0.3) is 16.6 Å². The van der Waals surface area contributed by atoms with Crippen LogP contribution >= 0.6 is 11.6 Å². The van der Waals surface area contributed by atoms with Crippen LogP contribution in [0.2, 0.25) is 5.02 Å². The molecule has 2 N–H and O–H groups in total. The molecule has 0 atom stereocenters. The van der Waals surface area contributed by atoms with E-state index in [1.54, 1.807) is 12.1 Å². The lowest BCUT2D eigenvalue weighted by molar-refractivity contribution is -0.119. The number of carbonyl (C=O) groups excluding carboxylic acids is 1. The molecule has 120 valence electrons. The third-order valence-corrected chi connectivity index (χ3v) is 4.19. The molecule has 2 heterocycles. The Morgan fingerprint density at radius 2 is 2.22 bits per heavy atom. The zero-order valence-corrected chi connectivity index (χ0v) is 13.5. The number of aryl methyl sites for hydroxylation is 1. The minimum absolute atomic E-state index is 0.252. The number of amides is 1. The molecule has 0 spiro atoms. The first-order chi connectivity index (χ1) is 11.0. The van der Waals surface area contributed by atoms with Crippen LogP contribution in [0.1, 0.15) is 12.2 Å². The van der Waals surface area contributed by atoms with Crippen molar-refractivity contribution in [1.29, 1.82) is 0 Å². The van der Waals surface area contributed by atoms with Crippen molar-refractivity contribution in [1.82, 2.24) is 14.5 Å². The number of rotatable bonds is 3. The summed E-state index contributed by atoms with van der Waals surface area (Å²) in [4.78, 5) is 29.2. The molecule has 0 saturated carbocycles. The van der Waals surface area contributed by atoms with Gasteiger partial charge in [0.15, 0.2) is 0 Å². The van der Waals surface area contributed by atoms with E-state index < -0.39 is 0 Å². The Labute approximate surface area is 138 Å². The summed E-state index contributed by atoms with van der Waals surface area (Å²) < 4.78 is 1.98. The van der Waals surface area contributed by atoms with E-state index in [9.17, 15) is 9.59 Å². The number of benzene rings is 1. The Morgan fingerprint density at radius 1 is 1.43 bits per heavy atom. The predicted octanol–water partition coefficient (Wildman–Crippen LogP) is 1.39. The number of aromatic nitrogens is 2. The third kappa shape index (κ3) is 3.13. The van der Waals surface area contributed by atoms with Crippen molar-refractivity contribution in [2.45, 2.75) is 13.3 Å². The van der Waals surface area contributed by atoms with E-state index in [2.05, 4.69) is 4.98 Å². The Morgan fingerprint density at radius 3 is 2.87 bits per heavy atom. The summed E-state index contributed by atoms with van der Waals surface area (Å²) in [6, 6.07) is 5.25. The summed E-state index contributed by atoms with van der Waals surface area (Å²) in [6.45, 7) is 3.43. The van der Waals surface area contributed by atoms with Crippen molar-refractivity contribution in [2.75, 3.05) is 19.6 Å². The van der Waals surface area contributed by atoms with E-state index in [0.29, 0.717) is 22.8 Å². The first-order valence-corrected chi connectivity index (χ1v) is 7.72. The van der Waals surface area contributed by atoms with Gasteiger partial charge in [-0.3, -0.25) is 14.5 Å². The van der Waals surface area contributed by atoms with Crippen LogP contribution < -0.4 is 11.3 Å². The summed E-state index contributed by atoms with van der Waals surface area (Å²) in [6.07, 6.45) is 2.79. The quantitative estimate of drug-likeness (QED) is 0.921. The van der Waals surface area contributed by atoms with Crippen molar-refractivity contribution >= 4 is 34.1 Å². The summed E-state index contributed by atoms with van der Waals surface area (Å²) in [5, 5.41) is 1.01. The van der Waals surface area contributed by atoms with Crippen molar-refractivity contribution in [3.63, 3.8) is 0 Å². The van der Waals surface area contributed by atoms with Crippen LogP contribution in [0.15, 0.2) is 29.1 Å². The zero-order chi connectivity index (χ0) is 16.6. The Hall–Kier alpha value is -2.18. The van der Waals surface area contributed by atoms with Crippen LogP contribution in [0.3, 0.4) is 0 Å². The van der Waals surface area contributed by atoms with Gasteiger partial charge in [0.25, 0.3) is 5.56 Å². The molecule has 0 unspecified atom stereocenters. The summed E-state index contributed by atoms with van der Waals surface area (Å²) in [5.41, 5.74) is 6.81. The first kappa shape index (κ1) is 15.7. The number of nitrogens with zero attached hydrogens (tertiary/aromatic N) is 3. The van der Waals surface area contributed by atoms with Gasteiger partial charge in [0.2, 0.25) is 5.91 Å². The number of carbonyl (C=O) groups is 1. The largest absolute Gasteiger partial charge is 0.369 e. The summed E-state index contributed by atoms with van der Waals surface area (Å²) in [7, 11) is 0. The van der Waals surface area contributed by atoms with Gasteiger partial charge in [-0.15, -0.1) is 0 Å². The molecule has 0 aliphatic carbocycles. The van der Waals surface area contributed by atoms with Crippen molar-refractivity contribution in [3.05, 3.63) is 45.5 Å². The molecule has 0 fully saturated rings. The second kappa shape index (κ2) is 6.14. The summed E-state index contributed by atoms with van der Waals surface area (Å²) >= 11 is 6.00. The molecule has 6 nitrogen and oxygen atoms in total. The lowest BCUT2D eigenvalue weighted by Crippen LogP contribution is -2.37. The molecule has 0 bridgehead atoms. The second-order valence-corrected chi connectivity index (χ2v) is 6.04. The van der Waals surface area contributed by atoms with Gasteiger partial charge in [-0.1, -0.05) is 17.7 Å². The Bertz CT molecular complexity index is 872. The normalized spacial score (nSPS) is 15.7. The fraction of sp³-hybridized carbons (Fsp3) is 0.312. The van der Waals surface area contributed by atoms with E-state index in [1.807, 2.05) is 28.5 Å². The van der Waals surface area contributed by atoms with E-state index in [1.165, 1.54) is 0 Å². The highest BCUT2D eigenvalue weighted by Crippen LogP contribution is 2.24. The van der Waals surface area contributed by atoms with Crippen LogP contribution in [0, 0.1) is 6.92 Å². The summed E-state index contributed by atoms with van der Waals surface area (Å²) in [5.74, 6) is 0.308. The standard InChI is InChI=1S/C16H17ClN4O2/c1-10-19-16(23)13-8-11(17)2-3-14(13)21(10)12-4-6-20(7-5-12)9-15(18)22/h2-4,8H,5-7,9H2,1H3,(H2,18,22). The number of halogens is 1. The molecule has 0 saturated heterocycles. The fourth-order valence-electron chi connectivity index (χ4n) is 2.94. The minimum Gasteiger partial charge on any atom is -0.369 e. The monoisotopic (exact) mass is 332 g/mol. The van der Waals surface area contributed by atoms with Gasteiger partial charge in [0, 0.05) is 30.2 Å². The van der Waals surface area contributed by atoms with Crippen LogP contribution in [-0.4, -0.2) is 40.0 Å². The minimum atomic E-state index is -0.330. The molecule has 2 aromatic rings. The molecule has 1 aliphatic rings. The molecule has 7 heteroatoms. The number of fused-ring (bicyclic) bond motifs is 1. The second-order valence-electron chi connectivity index (χ2n) is 5.61. The first-order valence-electron chi connectivity index (χ1n) is 7.34. The Kier molecular flexibility index (Phi) is 4.19. The number of hydrogen-bond donors (Lipinski definition) is 1. The molecule has 1 aromatic heterocycles. The van der Waals surface area contributed by atoms with E-state index in [-0.39, 0.29) is 18.0 Å². The molecular weight excluding hydrogens is 316 g/mol. The maximum Gasteiger partial charge on any atom is 0.280 e. The van der Waals surface area contributed by atoms with Crippen molar-refractivity contribution in [3.8, 4) is 0 Å². The molecule has 3 rings (SSSR count). The molecule has 0 radical (unpaired) electrons. The van der Waals surface area contributed by atoms with Crippen LogP contribution in [0.4, 0.5) is 0 Å². The molecule has 23 heavy (non-hydrogen) atoms. The lowest BCUT2D eigenvalue weighted by atomic mass is 10.1. The smallest absolute Gasteiger partial charge is 0.280 e.